The smallest absolute Gasteiger partial charge is 0.225 e. The fraction of sp³-hybridized carbons (Fsp3) is 0.182. The van der Waals surface area contributed by atoms with Crippen LogP contribution in [0.4, 0.5) is 5.69 Å². The average molecular weight is 439 g/mol. The average Bonchev–Trinajstić information content (AvgIpc) is 3.54. The lowest BCUT2D eigenvalue weighted by Gasteiger charge is -2.11. The number of furan rings is 2. The van der Waals surface area contributed by atoms with E-state index in [0.717, 1.165) is 5.69 Å². The summed E-state index contributed by atoms with van der Waals surface area (Å²) in [5.41, 5.74) is 1.95. The van der Waals surface area contributed by atoms with Gasteiger partial charge in [0.2, 0.25) is 5.91 Å². The molecular formula is C22H21N3O5S. The van der Waals surface area contributed by atoms with Crippen molar-refractivity contribution in [2.75, 3.05) is 25.3 Å². The molecule has 0 spiro atoms. The van der Waals surface area contributed by atoms with E-state index in [9.17, 15) is 4.79 Å². The molecule has 2 N–H and O–H groups in total. The second kappa shape index (κ2) is 9.48. The number of nitrogens with zero attached hydrogens (tertiary/aromatic N) is 1. The molecule has 9 heteroatoms. The van der Waals surface area contributed by atoms with Crippen LogP contribution in [-0.2, 0) is 4.79 Å². The van der Waals surface area contributed by atoms with Crippen molar-refractivity contribution in [1.82, 2.24) is 9.97 Å². The van der Waals surface area contributed by atoms with Crippen molar-refractivity contribution >= 4 is 23.4 Å². The lowest BCUT2D eigenvalue weighted by Crippen LogP contribution is -2.13. The van der Waals surface area contributed by atoms with Gasteiger partial charge in [0.1, 0.15) is 22.9 Å². The number of hydrogen-bond donors (Lipinski definition) is 2. The summed E-state index contributed by atoms with van der Waals surface area (Å²) in [6, 6.07) is 12.6. The lowest BCUT2D eigenvalue weighted by atomic mass is 10.2. The normalized spacial score (nSPS) is 10.8. The topological polar surface area (TPSA) is 103 Å². The highest BCUT2D eigenvalue weighted by Crippen LogP contribution is 2.33. The zero-order chi connectivity index (χ0) is 21.6. The number of aromatic nitrogens is 2. The predicted molar refractivity (Wildman–Crippen MR) is 118 cm³/mol. The van der Waals surface area contributed by atoms with Gasteiger partial charge in [-0.25, -0.2) is 4.98 Å². The molecule has 31 heavy (non-hydrogen) atoms. The molecule has 8 nitrogen and oxygen atoms in total. The summed E-state index contributed by atoms with van der Waals surface area (Å²) in [4.78, 5) is 20.3. The van der Waals surface area contributed by atoms with Gasteiger partial charge in [-0.05, 0) is 36.4 Å². The lowest BCUT2D eigenvalue weighted by molar-refractivity contribution is -0.115. The summed E-state index contributed by atoms with van der Waals surface area (Å²) in [6.07, 6.45) is 3.49. The minimum Gasteiger partial charge on any atom is -0.497 e. The number of rotatable bonds is 9. The fourth-order valence-electron chi connectivity index (χ4n) is 2.98. The van der Waals surface area contributed by atoms with Gasteiger partial charge in [-0.3, -0.25) is 4.79 Å². The van der Waals surface area contributed by atoms with Crippen LogP contribution in [0.25, 0.3) is 22.9 Å². The van der Waals surface area contributed by atoms with Crippen LogP contribution >= 0.6 is 11.8 Å². The minimum absolute atomic E-state index is 0.136. The Morgan fingerprint density at radius 2 is 1.87 bits per heavy atom. The number of carbonyl (C=O) groups excluding carboxylic acids is 1. The first kappa shape index (κ1) is 20.7. The molecule has 1 aromatic carbocycles. The number of aromatic amines is 1. The molecule has 4 rings (SSSR count). The quantitative estimate of drug-likeness (QED) is 0.351. The molecule has 3 aromatic heterocycles. The van der Waals surface area contributed by atoms with Crippen molar-refractivity contribution < 1.29 is 23.1 Å². The van der Waals surface area contributed by atoms with Crippen LogP contribution in [0.1, 0.15) is 6.42 Å². The van der Waals surface area contributed by atoms with Gasteiger partial charge in [-0.15, -0.1) is 0 Å². The van der Waals surface area contributed by atoms with Crippen LogP contribution < -0.4 is 14.8 Å². The van der Waals surface area contributed by atoms with E-state index >= 15 is 0 Å². The standard InChI is InChI=1S/C22H21N3O5S/c1-27-14-7-8-16(28-2)15(13-14)23-19(26)9-12-31-22-24-20(17-5-3-10-29-17)21(25-22)18-6-4-11-30-18/h3-8,10-11,13H,9,12H2,1-2H3,(H,23,26)(H,24,25). The molecule has 0 radical (unpaired) electrons. The fourth-order valence-corrected chi connectivity index (χ4v) is 3.79. The van der Waals surface area contributed by atoms with Crippen molar-refractivity contribution in [2.24, 2.45) is 0 Å². The highest BCUT2D eigenvalue weighted by atomic mass is 32.2. The molecule has 0 saturated carbocycles. The molecule has 4 aromatic rings. The molecule has 0 aliphatic carbocycles. The van der Waals surface area contributed by atoms with Crippen LogP contribution in [0.5, 0.6) is 11.5 Å². The highest BCUT2D eigenvalue weighted by Gasteiger charge is 2.18. The molecule has 0 fully saturated rings. The number of ether oxygens (including phenoxy) is 2. The molecule has 0 bridgehead atoms. The largest absolute Gasteiger partial charge is 0.497 e. The number of hydrogen-bond acceptors (Lipinski definition) is 7. The Morgan fingerprint density at radius 3 is 2.55 bits per heavy atom. The molecule has 0 aliphatic rings. The SMILES string of the molecule is COc1ccc(OC)c(NC(=O)CCSc2nc(-c3ccco3)c(-c3ccco3)[nH]2)c1. The molecule has 160 valence electrons. The predicted octanol–water partition coefficient (Wildman–Crippen LogP) is 5.07. The first-order chi connectivity index (χ1) is 15.2. The number of thioether (sulfide) groups is 1. The van der Waals surface area contributed by atoms with E-state index in [1.807, 2.05) is 18.2 Å². The minimum atomic E-state index is -0.136. The van der Waals surface area contributed by atoms with Crippen molar-refractivity contribution in [2.45, 2.75) is 11.6 Å². The van der Waals surface area contributed by atoms with Gasteiger partial charge < -0.3 is 28.6 Å². The Hall–Kier alpha value is -3.59. The second-order valence-corrected chi connectivity index (χ2v) is 7.52. The van der Waals surface area contributed by atoms with E-state index in [1.165, 1.54) is 11.8 Å². The summed E-state index contributed by atoms with van der Waals surface area (Å²) in [7, 11) is 3.12. The Labute approximate surface area is 183 Å². The van der Waals surface area contributed by atoms with E-state index in [2.05, 4.69) is 15.3 Å². The van der Waals surface area contributed by atoms with E-state index in [4.69, 9.17) is 18.3 Å². The third-order valence-corrected chi connectivity index (χ3v) is 5.33. The molecule has 1 amide bonds. The van der Waals surface area contributed by atoms with E-state index in [1.54, 1.807) is 51.0 Å². The van der Waals surface area contributed by atoms with Gasteiger partial charge >= 0.3 is 0 Å². The summed E-state index contributed by atoms with van der Waals surface area (Å²) in [5, 5.41) is 3.54. The van der Waals surface area contributed by atoms with Crippen LogP contribution in [0.15, 0.2) is 69.0 Å². The Morgan fingerprint density at radius 1 is 1.10 bits per heavy atom. The van der Waals surface area contributed by atoms with Gasteiger partial charge in [0.15, 0.2) is 16.7 Å². The van der Waals surface area contributed by atoms with Gasteiger partial charge in [-0.2, -0.15) is 0 Å². The maximum atomic E-state index is 12.4. The third kappa shape index (κ3) is 4.77. The number of carbonyl (C=O) groups is 1. The number of H-pyrrole nitrogens is 1. The van der Waals surface area contributed by atoms with Crippen LogP contribution in [0, 0.1) is 0 Å². The van der Waals surface area contributed by atoms with Crippen LogP contribution in [0.3, 0.4) is 0 Å². The van der Waals surface area contributed by atoms with Crippen molar-refractivity contribution in [3.05, 3.63) is 55.0 Å². The van der Waals surface area contributed by atoms with Crippen molar-refractivity contribution in [3.8, 4) is 34.4 Å². The summed E-state index contributed by atoms with van der Waals surface area (Å²) >= 11 is 1.44. The zero-order valence-corrected chi connectivity index (χ0v) is 17.8. The highest BCUT2D eigenvalue weighted by molar-refractivity contribution is 7.99. The molecule has 0 aliphatic heterocycles. The second-order valence-electron chi connectivity index (χ2n) is 6.43. The van der Waals surface area contributed by atoms with Gasteiger partial charge in [0, 0.05) is 18.2 Å². The van der Waals surface area contributed by atoms with E-state index in [0.29, 0.717) is 45.3 Å². The van der Waals surface area contributed by atoms with Crippen molar-refractivity contribution in [3.63, 3.8) is 0 Å². The first-order valence-corrected chi connectivity index (χ1v) is 10.5. The molecular weight excluding hydrogens is 418 g/mol. The number of methoxy groups -OCH3 is 2. The molecule has 0 atom stereocenters. The number of benzene rings is 1. The molecule has 0 unspecified atom stereocenters. The van der Waals surface area contributed by atoms with E-state index < -0.39 is 0 Å². The summed E-state index contributed by atoms with van der Waals surface area (Å²) in [6.45, 7) is 0. The molecule has 3 heterocycles. The van der Waals surface area contributed by atoms with Crippen LogP contribution in [0.2, 0.25) is 0 Å². The van der Waals surface area contributed by atoms with Crippen LogP contribution in [-0.4, -0.2) is 35.8 Å². The zero-order valence-electron chi connectivity index (χ0n) is 17.0. The Kier molecular flexibility index (Phi) is 6.32. The Balaban J connectivity index is 1.41. The van der Waals surface area contributed by atoms with Crippen molar-refractivity contribution in [1.29, 1.82) is 0 Å². The Bertz CT molecular complexity index is 1080. The maximum Gasteiger partial charge on any atom is 0.225 e. The monoisotopic (exact) mass is 439 g/mol. The van der Waals surface area contributed by atoms with Gasteiger partial charge in [0.05, 0.1) is 32.4 Å². The maximum absolute atomic E-state index is 12.4. The van der Waals surface area contributed by atoms with E-state index in [-0.39, 0.29) is 12.3 Å². The van der Waals surface area contributed by atoms with Gasteiger partial charge in [-0.1, -0.05) is 11.8 Å². The van der Waals surface area contributed by atoms with Gasteiger partial charge in [0.25, 0.3) is 0 Å². The number of anilines is 1. The number of imidazole rings is 1. The number of amides is 1. The third-order valence-electron chi connectivity index (χ3n) is 4.45. The first-order valence-electron chi connectivity index (χ1n) is 9.50. The number of nitrogens with one attached hydrogen (secondary N) is 2. The molecule has 0 saturated heterocycles. The summed E-state index contributed by atoms with van der Waals surface area (Å²) in [5.74, 6) is 2.89. The summed E-state index contributed by atoms with van der Waals surface area (Å²) < 4.78 is 21.5.